The third-order valence-electron chi connectivity index (χ3n) is 14.2. The van der Waals surface area contributed by atoms with Gasteiger partial charge in [0.15, 0.2) is 11.2 Å². The number of para-hydroxylation sites is 4. The molecule has 0 atom stereocenters. The fourth-order valence-corrected chi connectivity index (χ4v) is 12.4. The standard InChI is InChI=1S/C60H38N2O2S/c1-59(2)49-33-36(35-25-28-46-44(32-35)41-13-3-4-14-45(41)60(46)47-15-5-11-21-55(47)65-56-22-12-6-16-48(56)60)23-26-42(49)43-27-24-37(34-50(43)59)38-29-39(57-61-51-17-7-9-19-53(51)63-57)31-40(30-38)58-62-52-18-8-10-20-54(52)64-58/h3-34H,1-2H3. The number of fused-ring (bicyclic) bond motifs is 14. The Hall–Kier alpha value is -7.73. The van der Waals surface area contributed by atoms with Gasteiger partial charge in [-0.1, -0.05) is 147 Å². The molecule has 0 amide bonds. The Labute approximate surface area is 380 Å². The van der Waals surface area contributed by atoms with E-state index in [1.807, 2.05) is 60.3 Å². The molecule has 2 aromatic heterocycles. The van der Waals surface area contributed by atoms with Crippen molar-refractivity contribution in [1.82, 2.24) is 9.97 Å². The number of rotatable bonds is 4. The van der Waals surface area contributed by atoms with E-state index in [2.05, 4.69) is 159 Å². The van der Waals surface area contributed by atoms with Gasteiger partial charge in [-0.2, -0.15) is 0 Å². The average molecular weight is 851 g/mol. The summed E-state index contributed by atoms with van der Waals surface area (Å²) in [4.78, 5) is 12.4. The fourth-order valence-electron chi connectivity index (χ4n) is 11.2. The van der Waals surface area contributed by atoms with Crippen molar-refractivity contribution in [3.05, 3.63) is 228 Å². The number of hydrogen-bond donors (Lipinski definition) is 0. The van der Waals surface area contributed by atoms with Gasteiger partial charge >= 0.3 is 0 Å². The molecule has 0 N–H and O–H groups in total. The Bertz CT molecular complexity index is 3610. The third-order valence-corrected chi connectivity index (χ3v) is 15.4. The van der Waals surface area contributed by atoms with Crippen molar-refractivity contribution < 1.29 is 8.83 Å². The summed E-state index contributed by atoms with van der Waals surface area (Å²) in [6.45, 7) is 4.73. The van der Waals surface area contributed by atoms with Gasteiger partial charge in [0.25, 0.3) is 0 Å². The van der Waals surface area contributed by atoms with E-state index in [1.165, 1.54) is 76.6 Å². The first-order chi connectivity index (χ1) is 31.9. The quantitative estimate of drug-likeness (QED) is 0.177. The summed E-state index contributed by atoms with van der Waals surface area (Å²) in [5.74, 6) is 1.12. The first-order valence-corrected chi connectivity index (χ1v) is 23.0. The molecule has 0 bridgehead atoms. The molecule has 4 nitrogen and oxygen atoms in total. The van der Waals surface area contributed by atoms with E-state index >= 15 is 0 Å². The van der Waals surface area contributed by atoms with Crippen molar-refractivity contribution in [2.75, 3.05) is 0 Å². The predicted octanol–water partition coefficient (Wildman–Crippen LogP) is 15.8. The highest BCUT2D eigenvalue weighted by Crippen LogP contribution is 2.62. The van der Waals surface area contributed by atoms with Gasteiger partial charge in [-0.15, -0.1) is 0 Å². The first kappa shape index (κ1) is 36.7. The monoisotopic (exact) mass is 850 g/mol. The number of benzene rings is 9. The molecule has 0 radical (unpaired) electrons. The molecule has 0 saturated heterocycles. The summed E-state index contributed by atoms with van der Waals surface area (Å²) >= 11 is 1.89. The van der Waals surface area contributed by atoms with Crippen LogP contribution >= 0.6 is 11.8 Å². The van der Waals surface area contributed by atoms with Crippen molar-refractivity contribution in [2.24, 2.45) is 0 Å². The Morgan fingerprint density at radius 1 is 0.354 bits per heavy atom. The maximum absolute atomic E-state index is 6.33. The minimum Gasteiger partial charge on any atom is -0.436 e. The second-order valence-electron chi connectivity index (χ2n) is 18.1. The summed E-state index contributed by atoms with van der Waals surface area (Å²) in [6.07, 6.45) is 0. The predicted molar refractivity (Wildman–Crippen MR) is 262 cm³/mol. The SMILES string of the molecule is CC1(C)c2cc(-c3cc(-c4nc5ccccc5o4)cc(-c4nc5ccccc5o4)c3)ccc2-c2ccc(-c3ccc4c(c3)-c3ccccc3C43c4ccccc4Sc4ccccc43)cc21. The molecule has 9 aromatic carbocycles. The van der Waals surface area contributed by atoms with E-state index in [0.29, 0.717) is 11.8 Å². The number of oxazole rings is 2. The molecule has 11 aromatic rings. The van der Waals surface area contributed by atoms with Crippen LogP contribution in [-0.2, 0) is 10.8 Å². The van der Waals surface area contributed by atoms with E-state index in [-0.39, 0.29) is 10.8 Å². The van der Waals surface area contributed by atoms with Gasteiger partial charge in [0, 0.05) is 26.3 Å². The highest BCUT2D eigenvalue weighted by atomic mass is 32.2. The highest BCUT2D eigenvalue weighted by molar-refractivity contribution is 7.99. The van der Waals surface area contributed by atoms with Crippen LogP contribution in [0.4, 0.5) is 0 Å². The molecule has 1 aliphatic heterocycles. The first-order valence-electron chi connectivity index (χ1n) is 22.2. The van der Waals surface area contributed by atoms with Gasteiger partial charge in [-0.05, 0) is 151 Å². The molecule has 306 valence electrons. The zero-order chi connectivity index (χ0) is 43.0. The Kier molecular flexibility index (Phi) is 7.57. The van der Waals surface area contributed by atoms with Gasteiger partial charge in [0.05, 0.1) is 5.41 Å². The van der Waals surface area contributed by atoms with Crippen molar-refractivity contribution >= 4 is 34.0 Å². The van der Waals surface area contributed by atoms with E-state index in [9.17, 15) is 0 Å². The van der Waals surface area contributed by atoms with Crippen molar-refractivity contribution in [3.63, 3.8) is 0 Å². The number of aromatic nitrogens is 2. The molecule has 14 rings (SSSR count). The topological polar surface area (TPSA) is 52.1 Å². The largest absolute Gasteiger partial charge is 0.436 e. The summed E-state index contributed by atoms with van der Waals surface area (Å²) in [5, 5.41) is 0. The minimum atomic E-state index is -0.381. The van der Waals surface area contributed by atoms with Crippen LogP contribution in [0.2, 0.25) is 0 Å². The molecule has 65 heavy (non-hydrogen) atoms. The molecule has 3 aliphatic rings. The molecule has 5 heteroatoms. The molecular weight excluding hydrogens is 813 g/mol. The van der Waals surface area contributed by atoms with Gasteiger partial charge in [0.2, 0.25) is 11.8 Å². The minimum absolute atomic E-state index is 0.252. The summed E-state index contributed by atoms with van der Waals surface area (Å²) in [6, 6.07) is 70.5. The van der Waals surface area contributed by atoms with Crippen molar-refractivity contribution in [2.45, 2.75) is 34.5 Å². The second-order valence-corrected chi connectivity index (χ2v) is 19.2. The molecular formula is C60H38N2O2S. The number of nitrogens with zero attached hydrogens (tertiary/aromatic N) is 2. The molecule has 0 fully saturated rings. The summed E-state index contributed by atoms with van der Waals surface area (Å²) in [7, 11) is 0. The van der Waals surface area contributed by atoms with Gasteiger partial charge in [-0.3, -0.25) is 0 Å². The maximum atomic E-state index is 6.33. The highest BCUT2D eigenvalue weighted by Gasteiger charge is 2.50. The van der Waals surface area contributed by atoms with Crippen LogP contribution in [0.3, 0.4) is 0 Å². The smallest absolute Gasteiger partial charge is 0.227 e. The van der Waals surface area contributed by atoms with Crippen LogP contribution in [0.15, 0.2) is 213 Å². The Morgan fingerprint density at radius 3 is 1.40 bits per heavy atom. The van der Waals surface area contributed by atoms with Crippen LogP contribution in [0, 0.1) is 0 Å². The molecule has 0 saturated carbocycles. The lowest BCUT2D eigenvalue weighted by atomic mass is 9.67. The lowest BCUT2D eigenvalue weighted by Crippen LogP contribution is -2.31. The van der Waals surface area contributed by atoms with Gasteiger partial charge < -0.3 is 8.83 Å². The second kappa shape index (κ2) is 13.4. The number of hydrogen-bond acceptors (Lipinski definition) is 5. The Morgan fingerprint density at radius 2 is 0.800 bits per heavy atom. The van der Waals surface area contributed by atoms with Crippen LogP contribution in [0.1, 0.15) is 47.2 Å². The van der Waals surface area contributed by atoms with Gasteiger partial charge in [0.1, 0.15) is 11.0 Å². The van der Waals surface area contributed by atoms with Crippen LogP contribution < -0.4 is 0 Å². The van der Waals surface area contributed by atoms with Crippen LogP contribution in [0.25, 0.3) is 89.6 Å². The summed E-state index contributed by atoms with van der Waals surface area (Å²) < 4.78 is 12.7. The molecule has 1 spiro atoms. The lowest BCUT2D eigenvalue weighted by molar-refractivity contribution is 0.617. The van der Waals surface area contributed by atoms with E-state index in [0.717, 1.165) is 44.5 Å². The zero-order valence-electron chi connectivity index (χ0n) is 35.6. The zero-order valence-corrected chi connectivity index (χ0v) is 36.4. The van der Waals surface area contributed by atoms with E-state index in [4.69, 9.17) is 18.8 Å². The van der Waals surface area contributed by atoms with Crippen LogP contribution in [-0.4, -0.2) is 9.97 Å². The third kappa shape index (κ3) is 5.21. The summed E-state index contributed by atoms with van der Waals surface area (Å²) in [5.41, 5.74) is 22.1. The van der Waals surface area contributed by atoms with E-state index < -0.39 is 0 Å². The van der Waals surface area contributed by atoms with Crippen LogP contribution in [0.5, 0.6) is 0 Å². The molecule has 2 aliphatic carbocycles. The Balaban J connectivity index is 0.872. The van der Waals surface area contributed by atoms with Crippen molar-refractivity contribution in [3.8, 4) is 67.4 Å². The van der Waals surface area contributed by atoms with Crippen molar-refractivity contribution in [1.29, 1.82) is 0 Å². The van der Waals surface area contributed by atoms with Gasteiger partial charge in [-0.25, -0.2) is 9.97 Å². The average Bonchev–Trinajstić information content (AvgIpc) is 4.11. The fraction of sp³-hybridized carbons (Fsp3) is 0.0667. The maximum Gasteiger partial charge on any atom is 0.227 e. The normalized spacial score (nSPS) is 14.5. The molecule has 0 unspecified atom stereocenters. The molecule has 3 heterocycles. The lowest BCUT2D eigenvalue weighted by Gasteiger charge is -2.39. The van der Waals surface area contributed by atoms with E-state index in [1.54, 1.807) is 0 Å².